The minimum atomic E-state index is -0.974. The second kappa shape index (κ2) is 5.29. The van der Waals surface area contributed by atoms with Crippen LogP contribution in [-0.2, 0) is 11.3 Å². The molecule has 0 radical (unpaired) electrons. The normalized spacial score (nSPS) is 15.8. The fourth-order valence-electron chi connectivity index (χ4n) is 1.93. The molecule has 2 rings (SSSR count). The molecule has 0 saturated heterocycles. The minimum Gasteiger partial charge on any atom is -0.480 e. The van der Waals surface area contributed by atoms with Crippen LogP contribution in [-0.4, -0.2) is 33.4 Å². The molecule has 2 amide bonds. The molecule has 0 aromatic carbocycles. The van der Waals surface area contributed by atoms with Crippen molar-refractivity contribution in [2.75, 3.05) is 11.9 Å². The van der Waals surface area contributed by atoms with Gasteiger partial charge in [0.15, 0.2) is 0 Å². The first-order valence-corrected chi connectivity index (χ1v) is 6.32. The van der Waals surface area contributed by atoms with Crippen molar-refractivity contribution in [2.24, 2.45) is 5.41 Å². The number of aromatic nitrogens is 2. The quantitative estimate of drug-likeness (QED) is 0.722. The van der Waals surface area contributed by atoms with Crippen molar-refractivity contribution in [2.45, 2.75) is 32.7 Å². The summed E-state index contributed by atoms with van der Waals surface area (Å²) in [4.78, 5) is 22.2. The van der Waals surface area contributed by atoms with Crippen molar-refractivity contribution >= 4 is 17.7 Å². The van der Waals surface area contributed by atoms with Gasteiger partial charge in [0.2, 0.25) is 0 Å². The molecule has 104 valence electrons. The fourth-order valence-corrected chi connectivity index (χ4v) is 1.93. The maximum Gasteiger partial charge on any atom is 0.325 e. The van der Waals surface area contributed by atoms with Crippen LogP contribution >= 0.6 is 0 Å². The Hall–Kier alpha value is -2.05. The molecule has 1 aliphatic carbocycles. The zero-order valence-corrected chi connectivity index (χ0v) is 10.8. The highest BCUT2D eigenvalue weighted by Crippen LogP contribution is 2.47. The number of nitrogens with one attached hydrogen (secondary N) is 2. The third-order valence-electron chi connectivity index (χ3n) is 3.52. The smallest absolute Gasteiger partial charge is 0.325 e. The summed E-state index contributed by atoms with van der Waals surface area (Å²) in [6.45, 7) is 2.59. The highest BCUT2D eigenvalue weighted by molar-refractivity contribution is 5.88. The summed E-state index contributed by atoms with van der Waals surface area (Å²) in [5.41, 5.74) is 0.783. The summed E-state index contributed by atoms with van der Waals surface area (Å²) in [6.07, 6.45) is 6.32. The van der Waals surface area contributed by atoms with Crippen molar-refractivity contribution in [3.63, 3.8) is 0 Å². The second-order valence-corrected chi connectivity index (χ2v) is 4.98. The molecule has 3 N–H and O–H groups in total. The summed E-state index contributed by atoms with van der Waals surface area (Å²) in [5, 5.41) is 17.9. The summed E-state index contributed by atoms with van der Waals surface area (Å²) < 4.78 is 1.26. The van der Waals surface area contributed by atoms with Gasteiger partial charge in [0.05, 0.1) is 11.9 Å². The van der Waals surface area contributed by atoms with Crippen LogP contribution in [0.3, 0.4) is 0 Å². The number of hydrogen-bond acceptors (Lipinski definition) is 3. The molecular weight excluding hydrogens is 248 g/mol. The van der Waals surface area contributed by atoms with E-state index in [1.165, 1.54) is 29.9 Å². The van der Waals surface area contributed by atoms with Gasteiger partial charge in [0.25, 0.3) is 0 Å². The van der Waals surface area contributed by atoms with Crippen LogP contribution in [0.25, 0.3) is 0 Å². The SMILES string of the molecule is CCC1(CNC(=O)Nc2cnn(CC(=O)O)c2)CC1. The molecule has 7 heteroatoms. The molecule has 1 saturated carbocycles. The van der Waals surface area contributed by atoms with Gasteiger partial charge in [-0.3, -0.25) is 9.48 Å². The average molecular weight is 266 g/mol. The predicted octanol–water partition coefficient (Wildman–Crippen LogP) is 1.28. The Morgan fingerprint density at radius 3 is 2.84 bits per heavy atom. The Morgan fingerprint density at radius 1 is 1.53 bits per heavy atom. The van der Waals surface area contributed by atoms with E-state index < -0.39 is 5.97 Å². The number of aliphatic carboxylic acids is 1. The number of amides is 2. The second-order valence-electron chi connectivity index (χ2n) is 4.98. The maximum absolute atomic E-state index is 11.7. The zero-order chi connectivity index (χ0) is 13.9. The fraction of sp³-hybridized carbons (Fsp3) is 0.583. The maximum atomic E-state index is 11.7. The van der Waals surface area contributed by atoms with Gasteiger partial charge in [-0.15, -0.1) is 0 Å². The molecule has 7 nitrogen and oxygen atoms in total. The average Bonchev–Trinajstić information content (AvgIpc) is 3.02. The van der Waals surface area contributed by atoms with E-state index in [9.17, 15) is 9.59 Å². The lowest BCUT2D eigenvalue weighted by molar-refractivity contribution is -0.137. The van der Waals surface area contributed by atoms with Crippen LogP contribution in [0.2, 0.25) is 0 Å². The van der Waals surface area contributed by atoms with Crippen LogP contribution < -0.4 is 10.6 Å². The number of nitrogens with zero attached hydrogens (tertiary/aromatic N) is 2. The van der Waals surface area contributed by atoms with Crippen LogP contribution in [0.15, 0.2) is 12.4 Å². The topological polar surface area (TPSA) is 96.3 Å². The van der Waals surface area contributed by atoms with Gasteiger partial charge in [-0.25, -0.2) is 4.79 Å². The number of carboxylic acid groups (broad SMARTS) is 1. The van der Waals surface area contributed by atoms with E-state index in [-0.39, 0.29) is 12.6 Å². The lowest BCUT2D eigenvalue weighted by Crippen LogP contribution is -2.33. The lowest BCUT2D eigenvalue weighted by Gasteiger charge is -2.13. The number of urea groups is 1. The van der Waals surface area contributed by atoms with E-state index in [4.69, 9.17) is 5.11 Å². The van der Waals surface area contributed by atoms with Crippen LogP contribution in [0.1, 0.15) is 26.2 Å². The molecule has 0 spiro atoms. The Morgan fingerprint density at radius 2 is 2.26 bits per heavy atom. The molecule has 1 aromatic rings. The largest absolute Gasteiger partial charge is 0.480 e. The van der Waals surface area contributed by atoms with Gasteiger partial charge < -0.3 is 15.7 Å². The standard InChI is InChI=1S/C12H18N4O3/c1-2-12(3-4-12)8-13-11(19)15-9-5-14-16(6-9)7-10(17)18/h5-6H,2-4,7-8H2,1H3,(H,17,18)(H2,13,15,19). The minimum absolute atomic E-state index is 0.220. The molecule has 0 bridgehead atoms. The monoisotopic (exact) mass is 266 g/mol. The van der Waals surface area contributed by atoms with Crippen LogP contribution in [0, 0.1) is 5.41 Å². The van der Waals surface area contributed by atoms with Gasteiger partial charge in [-0.2, -0.15) is 5.10 Å². The molecule has 0 aliphatic heterocycles. The van der Waals surface area contributed by atoms with Crippen LogP contribution in [0.5, 0.6) is 0 Å². The van der Waals surface area contributed by atoms with Crippen molar-refractivity contribution < 1.29 is 14.7 Å². The van der Waals surface area contributed by atoms with Crippen molar-refractivity contribution in [1.29, 1.82) is 0 Å². The van der Waals surface area contributed by atoms with E-state index in [2.05, 4.69) is 22.7 Å². The molecule has 0 unspecified atom stereocenters. The summed E-state index contributed by atoms with van der Waals surface area (Å²) in [6, 6.07) is -0.283. The van der Waals surface area contributed by atoms with Crippen molar-refractivity contribution in [3.8, 4) is 0 Å². The van der Waals surface area contributed by atoms with Crippen molar-refractivity contribution in [3.05, 3.63) is 12.4 Å². The van der Waals surface area contributed by atoms with Crippen molar-refractivity contribution in [1.82, 2.24) is 15.1 Å². The predicted molar refractivity (Wildman–Crippen MR) is 68.8 cm³/mol. The summed E-state index contributed by atoms with van der Waals surface area (Å²) in [7, 11) is 0. The highest BCUT2D eigenvalue weighted by Gasteiger charge is 2.40. The van der Waals surface area contributed by atoms with E-state index in [0.717, 1.165) is 6.42 Å². The Labute approximate surface area is 111 Å². The van der Waals surface area contributed by atoms with E-state index >= 15 is 0 Å². The van der Waals surface area contributed by atoms with E-state index in [0.29, 0.717) is 17.6 Å². The highest BCUT2D eigenvalue weighted by atomic mass is 16.4. The van der Waals surface area contributed by atoms with Gasteiger partial charge in [-0.05, 0) is 24.7 Å². The van der Waals surface area contributed by atoms with Gasteiger partial charge in [-0.1, -0.05) is 6.92 Å². The molecule has 19 heavy (non-hydrogen) atoms. The third-order valence-corrected chi connectivity index (χ3v) is 3.52. The third kappa shape index (κ3) is 3.70. The van der Waals surface area contributed by atoms with E-state index in [1.54, 1.807) is 0 Å². The van der Waals surface area contributed by atoms with E-state index in [1.807, 2.05) is 0 Å². The van der Waals surface area contributed by atoms with Crippen LogP contribution in [0.4, 0.5) is 10.5 Å². The molecular formula is C12H18N4O3. The van der Waals surface area contributed by atoms with Gasteiger partial charge in [0, 0.05) is 12.7 Å². The lowest BCUT2D eigenvalue weighted by atomic mass is 10.0. The molecule has 1 fully saturated rings. The first-order valence-electron chi connectivity index (χ1n) is 6.32. The Balaban J connectivity index is 1.78. The first-order chi connectivity index (χ1) is 9.03. The Bertz CT molecular complexity index is 479. The number of carbonyl (C=O) groups is 2. The van der Waals surface area contributed by atoms with Gasteiger partial charge >= 0.3 is 12.0 Å². The Kier molecular flexibility index (Phi) is 3.73. The number of hydrogen-bond donors (Lipinski definition) is 3. The number of carbonyl (C=O) groups excluding carboxylic acids is 1. The molecule has 1 aliphatic rings. The zero-order valence-electron chi connectivity index (χ0n) is 10.8. The molecule has 0 atom stereocenters. The molecule has 1 aromatic heterocycles. The number of rotatable bonds is 6. The number of carboxylic acids is 1. The van der Waals surface area contributed by atoms with Gasteiger partial charge in [0.1, 0.15) is 6.54 Å². The summed E-state index contributed by atoms with van der Waals surface area (Å²) in [5.74, 6) is -0.974. The number of anilines is 1. The molecule has 1 heterocycles. The first kappa shape index (κ1) is 13.4. The summed E-state index contributed by atoms with van der Waals surface area (Å²) >= 11 is 0.